The second kappa shape index (κ2) is 14.0. The van der Waals surface area contributed by atoms with Crippen molar-refractivity contribution in [3.8, 4) is 0 Å². The first-order valence-electron chi connectivity index (χ1n) is 7.60. The molecule has 4 heteroatoms. The SMILES string of the molecule is CCCCCCCCCCCC(C)OC(=O)OCCl. The van der Waals surface area contributed by atoms with E-state index in [2.05, 4.69) is 11.7 Å². The molecule has 0 saturated heterocycles. The lowest BCUT2D eigenvalue weighted by atomic mass is 10.1. The lowest BCUT2D eigenvalue weighted by Gasteiger charge is -2.12. The molecule has 0 bridgehead atoms. The fraction of sp³-hybridized carbons (Fsp3) is 0.933. The number of carbonyl (C=O) groups excluding carboxylic acids is 1. The summed E-state index contributed by atoms with van der Waals surface area (Å²) in [6, 6.07) is -0.149. The number of alkyl halides is 1. The monoisotopic (exact) mass is 292 g/mol. The van der Waals surface area contributed by atoms with E-state index in [4.69, 9.17) is 16.3 Å². The molecule has 0 spiro atoms. The Kier molecular flexibility index (Phi) is 13.7. The standard InChI is InChI=1S/C15H29ClO3/c1-3-4-5-6-7-8-9-10-11-12-14(2)19-15(17)18-13-16/h14H,3-13H2,1-2H3. The van der Waals surface area contributed by atoms with Crippen molar-refractivity contribution in [1.82, 2.24) is 0 Å². The number of halogens is 1. The molecule has 0 aliphatic carbocycles. The lowest BCUT2D eigenvalue weighted by Crippen LogP contribution is -2.15. The Bertz CT molecular complexity index is 210. The molecule has 0 saturated carbocycles. The molecule has 0 heterocycles. The van der Waals surface area contributed by atoms with E-state index in [9.17, 15) is 4.79 Å². The summed E-state index contributed by atoms with van der Waals surface area (Å²) in [5.74, 6) is 0. The zero-order valence-electron chi connectivity index (χ0n) is 12.5. The molecule has 0 rings (SSSR count). The fourth-order valence-electron chi connectivity index (χ4n) is 2.04. The molecule has 0 N–H and O–H groups in total. The summed E-state index contributed by atoms with van der Waals surface area (Å²) in [6.45, 7) is 4.13. The molecule has 3 nitrogen and oxygen atoms in total. The van der Waals surface area contributed by atoms with Crippen LogP contribution in [-0.2, 0) is 9.47 Å². The Balaban J connectivity index is 3.22. The highest BCUT2D eigenvalue weighted by atomic mass is 35.5. The fourth-order valence-corrected chi connectivity index (χ4v) is 2.13. The van der Waals surface area contributed by atoms with Gasteiger partial charge in [-0.2, -0.15) is 0 Å². The molecular formula is C15H29ClO3. The number of carbonyl (C=O) groups is 1. The Morgan fingerprint density at radius 2 is 1.53 bits per heavy atom. The molecule has 0 radical (unpaired) electrons. The van der Waals surface area contributed by atoms with Crippen molar-refractivity contribution in [2.75, 3.05) is 6.07 Å². The molecule has 1 atom stereocenters. The van der Waals surface area contributed by atoms with Crippen LogP contribution in [0.15, 0.2) is 0 Å². The summed E-state index contributed by atoms with van der Waals surface area (Å²) in [5.41, 5.74) is 0. The summed E-state index contributed by atoms with van der Waals surface area (Å²) >= 11 is 5.26. The van der Waals surface area contributed by atoms with Crippen molar-refractivity contribution in [1.29, 1.82) is 0 Å². The Labute approximate surface area is 123 Å². The first kappa shape index (κ1) is 18.6. The van der Waals surface area contributed by atoms with Gasteiger partial charge in [-0.25, -0.2) is 4.79 Å². The minimum atomic E-state index is -0.668. The van der Waals surface area contributed by atoms with Gasteiger partial charge in [0, 0.05) is 0 Å². The van der Waals surface area contributed by atoms with E-state index in [1.54, 1.807) is 0 Å². The second-order valence-corrected chi connectivity index (χ2v) is 5.27. The number of hydrogen-bond acceptors (Lipinski definition) is 3. The minimum Gasteiger partial charge on any atom is -0.431 e. The summed E-state index contributed by atoms with van der Waals surface area (Å²) in [7, 11) is 0. The predicted octanol–water partition coefficient (Wildman–Crippen LogP) is 5.65. The Morgan fingerprint density at radius 1 is 1.00 bits per heavy atom. The highest BCUT2D eigenvalue weighted by Gasteiger charge is 2.09. The van der Waals surface area contributed by atoms with Crippen LogP contribution in [0.3, 0.4) is 0 Å². The average Bonchev–Trinajstić information content (AvgIpc) is 2.37. The van der Waals surface area contributed by atoms with Crippen LogP contribution >= 0.6 is 11.6 Å². The first-order chi connectivity index (χ1) is 9.20. The normalized spacial score (nSPS) is 12.2. The maximum absolute atomic E-state index is 11.0. The minimum absolute atomic E-state index is 0.0831. The van der Waals surface area contributed by atoms with Gasteiger partial charge >= 0.3 is 6.16 Å². The van der Waals surface area contributed by atoms with E-state index in [0.29, 0.717) is 0 Å². The molecule has 114 valence electrons. The topological polar surface area (TPSA) is 35.5 Å². The highest BCUT2D eigenvalue weighted by molar-refractivity contribution is 6.17. The zero-order chi connectivity index (χ0) is 14.3. The number of ether oxygens (including phenoxy) is 2. The quantitative estimate of drug-likeness (QED) is 0.265. The third-order valence-electron chi connectivity index (χ3n) is 3.18. The maximum atomic E-state index is 11.0. The van der Waals surface area contributed by atoms with Crippen LogP contribution in [0.4, 0.5) is 4.79 Å². The van der Waals surface area contributed by atoms with Crippen LogP contribution < -0.4 is 0 Å². The van der Waals surface area contributed by atoms with E-state index in [0.717, 1.165) is 12.8 Å². The van der Waals surface area contributed by atoms with Gasteiger partial charge in [0.1, 0.15) is 6.10 Å². The van der Waals surface area contributed by atoms with Crippen molar-refractivity contribution in [2.45, 2.75) is 84.2 Å². The number of hydrogen-bond donors (Lipinski definition) is 0. The van der Waals surface area contributed by atoms with Crippen molar-refractivity contribution >= 4 is 17.8 Å². The van der Waals surface area contributed by atoms with Crippen molar-refractivity contribution in [3.05, 3.63) is 0 Å². The van der Waals surface area contributed by atoms with E-state index in [1.165, 1.54) is 51.4 Å². The third kappa shape index (κ3) is 13.8. The molecule has 0 aliphatic rings. The van der Waals surface area contributed by atoms with Crippen molar-refractivity contribution in [2.24, 2.45) is 0 Å². The van der Waals surface area contributed by atoms with Gasteiger partial charge in [0.15, 0.2) is 6.07 Å². The van der Waals surface area contributed by atoms with Crippen LogP contribution in [0, 0.1) is 0 Å². The van der Waals surface area contributed by atoms with Gasteiger partial charge in [-0.1, -0.05) is 69.9 Å². The second-order valence-electron chi connectivity index (χ2n) is 5.05. The van der Waals surface area contributed by atoms with Crippen molar-refractivity contribution in [3.63, 3.8) is 0 Å². The Hall–Kier alpha value is -0.440. The summed E-state index contributed by atoms with van der Waals surface area (Å²) in [4.78, 5) is 11.0. The highest BCUT2D eigenvalue weighted by Crippen LogP contribution is 2.12. The van der Waals surface area contributed by atoms with Gasteiger partial charge in [-0.05, 0) is 19.8 Å². The molecule has 0 aromatic heterocycles. The van der Waals surface area contributed by atoms with Crippen LogP contribution in [-0.4, -0.2) is 18.3 Å². The van der Waals surface area contributed by atoms with Crippen LogP contribution in [0.1, 0.15) is 78.1 Å². The molecular weight excluding hydrogens is 264 g/mol. The first-order valence-corrected chi connectivity index (χ1v) is 8.13. The molecule has 0 aromatic rings. The zero-order valence-corrected chi connectivity index (χ0v) is 13.2. The number of rotatable bonds is 12. The molecule has 19 heavy (non-hydrogen) atoms. The van der Waals surface area contributed by atoms with E-state index >= 15 is 0 Å². The maximum Gasteiger partial charge on any atom is 0.509 e. The molecule has 0 aliphatic heterocycles. The lowest BCUT2D eigenvalue weighted by molar-refractivity contribution is 0.0358. The van der Waals surface area contributed by atoms with Crippen LogP contribution in [0.2, 0.25) is 0 Å². The summed E-state index contributed by atoms with van der Waals surface area (Å²) in [5, 5.41) is 0. The average molecular weight is 293 g/mol. The molecule has 0 amide bonds. The van der Waals surface area contributed by atoms with Gasteiger partial charge in [0.05, 0.1) is 0 Å². The van der Waals surface area contributed by atoms with Crippen molar-refractivity contribution < 1.29 is 14.3 Å². The molecule has 0 fully saturated rings. The van der Waals surface area contributed by atoms with Gasteiger partial charge in [0.2, 0.25) is 0 Å². The van der Waals surface area contributed by atoms with E-state index < -0.39 is 6.16 Å². The summed E-state index contributed by atoms with van der Waals surface area (Å²) < 4.78 is 9.53. The summed E-state index contributed by atoms with van der Waals surface area (Å²) in [6.07, 6.45) is 11.9. The molecule has 1 unspecified atom stereocenters. The predicted molar refractivity (Wildman–Crippen MR) is 79.6 cm³/mol. The van der Waals surface area contributed by atoms with Crippen LogP contribution in [0.25, 0.3) is 0 Å². The number of unbranched alkanes of at least 4 members (excludes halogenated alkanes) is 8. The Morgan fingerprint density at radius 3 is 2.05 bits per heavy atom. The van der Waals surface area contributed by atoms with Gasteiger partial charge in [-0.3, -0.25) is 0 Å². The van der Waals surface area contributed by atoms with Gasteiger partial charge in [-0.15, -0.1) is 0 Å². The van der Waals surface area contributed by atoms with E-state index in [1.807, 2.05) is 6.92 Å². The largest absolute Gasteiger partial charge is 0.509 e. The van der Waals surface area contributed by atoms with Crippen LogP contribution in [0.5, 0.6) is 0 Å². The third-order valence-corrected chi connectivity index (χ3v) is 3.29. The molecule has 0 aromatic carbocycles. The van der Waals surface area contributed by atoms with Gasteiger partial charge < -0.3 is 9.47 Å². The van der Waals surface area contributed by atoms with Gasteiger partial charge in [0.25, 0.3) is 0 Å². The smallest absolute Gasteiger partial charge is 0.431 e. The van der Waals surface area contributed by atoms with E-state index in [-0.39, 0.29) is 12.2 Å².